The van der Waals surface area contributed by atoms with E-state index in [0.29, 0.717) is 12.7 Å². The van der Waals surface area contributed by atoms with Gasteiger partial charge in [-0.3, -0.25) is 0 Å². The molecule has 0 saturated heterocycles. The molecule has 0 aromatic heterocycles. The van der Waals surface area contributed by atoms with Crippen molar-refractivity contribution in [3.05, 3.63) is 0 Å². The first-order valence-corrected chi connectivity index (χ1v) is 4.07. The summed E-state index contributed by atoms with van der Waals surface area (Å²) < 4.78 is 9.56. The van der Waals surface area contributed by atoms with E-state index in [1.54, 1.807) is 14.2 Å². The normalized spacial score (nSPS) is 9.12. The summed E-state index contributed by atoms with van der Waals surface area (Å²) in [5.74, 6) is 0. The van der Waals surface area contributed by atoms with Gasteiger partial charge in [-0.2, -0.15) is 0 Å². The first-order chi connectivity index (χ1) is 3.81. The van der Waals surface area contributed by atoms with Crippen molar-refractivity contribution in [3.8, 4) is 0 Å². The van der Waals surface area contributed by atoms with Crippen LogP contribution in [-0.2, 0) is 9.47 Å². The molecule has 0 amide bonds. The van der Waals surface area contributed by atoms with Crippen LogP contribution in [0.25, 0.3) is 0 Å². The number of ether oxygens (including phenoxy) is 2. The molecule has 0 heterocycles. The molecule has 0 aliphatic rings. The topological polar surface area (TPSA) is 18.5 Å². The zero-order valence-corrected chi connectivity index (χ0v) is 6.15. The molecular formula is C4H10BO2P+. The fourth-order valence-electron chi connectivity index (χ4n) is 0.369. The van der Waals surface area contributed by atoms with Crippen LogP contribution in [0.2, 0.25) is 0 Å². The van der Waals surface area contributed by atoms with Gasteiger partial charge in [-0.15, -0.1) is 0 Å². The summed E-state index contributed by atoms with van der Waals surface area (Å²) in [6, 6.07) is 0. The van der Waals surface area contributed by atoms with Crippen molar-refractivity contribution in [1.82, 2.24) is 0 Å². The number of hydrogen-bond donors (Lipinski definition) is 0. The Bertz CT molecular complexity index is 68.4. The molecular weight excluding hydrogens is 122 g/mol. The van der Waals surface area contributed by atoms with Gasteiger partial charge in [0, 0.05) is 0 Å². The molecule has 8 heavy (non-hydrogen) atoms. The summed E-state index contributed by atoms with van der Waals surface area (Å²) in [7, 11) is 8.26. The van der Waals surface area contributed by atoms with Crippen molar-refractivity contribution in [2.45, 2.75) is 0 Å². The van der Waals surface area contributed by atoms with E-state index in [9.17, 15) is 0 Å². The van der Waals surface area contributed by atoms with Gasteiger partial charge in [-0.25, -0.2) is 0 Å². The standard InChI is InChI=1S/C4H10BO2P/c1-6-3-8(5)4-7-2/h3-4H2,1-2H3/q+1. The zero-order chi connectivity index (χ0) is 6.41. The molecule has 4 heteroatoms. The predicted molar refractivity (Wildman–Crippen MR) is 36.4 cm³/mol. The quantitative estimate of drug-likeness (QED) is 0.415. The Morgan fingerprint density at radius 3 is 1.88 bits per heavy atom. The van der Waals surface area contributed by atoms with Crippen LogP contribution in [0.5, 0.6) is 0 Å². The maximum atomic E-state index is 5.51. The summed E-state index contributed by atoms with van der Waals surface area (Å²) in [5.41, 5.74) is 0. The summed E-state index contributed by atoms with van der Waals surface area (Å²) in [5, 5.41) is 0. The van der Waals surface area contributed by atoms with Gasteiger partial charge in [0.1, 0.15) is 0 Å². The van der Waals surface area contributed by atoms with E-state index in [0.717, 1.165) is 0 Å². The molecule has 0 aromatic rings. The minimum atomic E-state index is -0.525. The maximum absolute atomic E-state index is 5.51. The van der Waals surface area contributed by atoms with Gasteiger partial charge in [0.15, 0.2) is 0 Å². The van der Waals surface area contributed by atoms with Crippen LogP contribution in [-0.4, -0.2) is 34.1 Å². The Labute approximate surface area is 51.9 Å². The average Bonchev–Trinajstić information content (AvgIpc) is 1.68. The van der Waals surface area contributed by atoms with E-state index in [4.69, 9.17) is 16.7 Å². The fourth-order valence-corrected chi connectivity index (χ4v) is 1.11. The van der Waals surface area contributed by atoms with Gasteiger partial charge < -0.3 is 0 Å². The molecule has 0 unspecified atom stereocenters. The van der Waals surface area contributed by atoms with Crippen molar-refractivity contribution in [1.29, 1.82) is 0 Å². The van der Waals surface area contributed by atoms with Crippen LogP contribution >= 0.6 is 7.41 Å². The van der Waals surface area contributed by atoms with E-state index < -0.39 is 7.41 Å². The van der Waals surface area contributed by atoms with Gasteiger partial charge in [0.25, 0.3) is 0 Å². The van der Waals surface area contributed by atoms with Crippen LogP contribution in [0, 0.1) is 0 Å². The van der Waals surface area contributed by atoms with Crippen LogP contribution in [0.15, 0.2) is 0 Å². The van der Waals surface area contributed by atoms with Crippen molar-refractivity contribution >= 4 is 14.6 Å². The van der Waals surface area contributed by atoms with E-state index >= 15 is 0 Å². The summed E-state index contributed by atoms with van der Waals surface area (Å²) >= 11 is 0. The molecule has 0 bridgehead atoms. The van der Waals surface area contributed by atoms with Gasteiger partial charge in [-0.1, -0.05) is 0 Å². The molecule has 0 fully saturated rings. The third kappa shape index (κ3) is 4.44. The SMILES string of the molecule is [B]=[P+](COC)COC. The van der Waals surface area contributed by atoms with Gasteiger partial charge in [0.05, 0.1) is 0 Å². The number of rotatable bonds is 4. The molecule has 0 N–H and O–H groups in total. The first kappa shape index (κ1) is 8.28. The molecule has 0 rings (SSSR count). The van der Waals surface area contributed by atoms with Crippen LogP contribution in [0.3, 0.4) is 0 Å². The summed E-state index contributed by atoms with van der Waals surface area (Å²) in [4.78, 5) is 0. The van der Waals surface area contributed by atoms with Crippen LogP contribution < -0.4 is 0 Å². The Morgan fingerprint density at radius 2 is 1.62 bits per heavy atom. The van der Waals surface area contributed by atoms with Crippen molar-refractivity contribution in [2.75, 3.05) is 26.9 Å². The Morgan fingerprint density at radius 1 is 1.25 bits per heavy atom. The monoisotopic (exact) mass is 132 g/mol. The molecule has 0 spiro atoms. The Hall–Kier alpha value is 0.285. The summed E-state index contributed by atoms with van der Waals surface area (Å²) in [6.07, 6.45) is 1.26. The van der Waals surface area contributed by atoms with E-state index in [2.05, 4.69) is 0 Å². The summed E-state index contributed by atoms with van der Waals surface area (Å²) in [6.45, 7) is 0. The predicted octanol–water partition coefficient (Wildman–Crippen LogP) is 0.760. The van der Waals surface area contributed by atoms with E-state index in [1.807, 2.05) is 0 Å². The van der Waals surface area contributed by atoms with Crippen LogP contribution in [0.1, 0.15) is 0 Å². The zero-order valence-electron chi connectivity index (χ0n) is 5.26. The van der Waals surface area contributed by atoms with Gasteiger partial charge >= 0.3 is 51.0 Å². The molecule has 0 aliphatic carbocycles. The Kier molecular flexibility index (Phi) is 5.62. The minimum absolute atomic E-state index is 0.525. The number of hydrogen-bond acceptors (Lipinski definition) is 2. The Balaban J connectivity index is 3.06. The molecule has 0 saturated carbocycles. The van der Waals surface area contributed by atoms with Crippen molar-refractivity contribution in [2.24, 2.45) is 0 Å². The molecule has 45 valence electrons. The second-order valence-corrected chi connectivity index (χ2v) is 3.12. The molecule has 0 aliphatic heterocycles. The molecule has 0 atom stereocenters. The third-order valence-corrected chi connectivity index (χ3v) is 1.77. The average molecular weight is 132 g/mol. The van der Waals surface area contributed by atoms with Crippen molar-refractivity contribution in [3.63, 3.8) is 0 Å². The third-order valence-electron chi connectivity index (χ3n) is 0.590. The molecule has 1 radical (unpaired) electrons. The molecule has 0 aromatic carbocycles. The van der Waals surface area contributed by atoms with E-state index in [-0.39, 0.29) is 0 Å². The molecule has 2 nitrogen and oxygen atoms in total. The van der Waals surface area contributed by atoms with Crippen molar-refractivity contribution < 1.29 is 9.47 Å². The number of methoxy groups -OCH3 is 2. The van der Waals surface area contributed by atoms with Gasteiger partial charge in [0.2, 0.25) is 0 Å². The van der Waals surface area contributed by atoms with Crippen LogP contribution in [0.4, 0.5) is 0 Å². The fraction of sp³-hybridized carbons (Fsp3) is 1.00. The second-order valence-electron chi connectivity index (χ2n) is 1.42. The first-order valence-electron chi connectivity index (χ1n) is 2.28. The van der Waals surface area contributed by atoms with E-state index in [1.165, 1.54) is 0 Å². The second kappa shape index (κ2) is 5.42. The van der Waals surface area contributed by atoms with Gasteiger partial charge in [-0.05, 0) is 0 Å².